The van der Waals surface area contributed by atoms with Crippen LogP contribution in [0.5, 0.6) is 11.9 Å². The van der Waals surface area contributed by atoms with Crippen molar-refractivity contribution < 1.29 is 27.9 Å². The van der Waals surface area contributed by atoms with Gasteiger partial charge in [-0.1, -0.05) is 18.0 Å². The second-order valence-electron chi connectivity index (χ2n) is 15.2. The molecule has 3 atom stereocenters. The summed E-state index contributed by atoms with van der Waals surface area (Å²) in [4.78, 5) is 18.7. The first kappa shape index (κ1) is 34.9. The Hall–Kier alpha value is -3.17. The quantitative estimate of drug-likeness (QED) is 0.220. The van der Waals surface area contributed by atoms with Crippen LogP contribution in [0.15, 0.2) is 6.07 Å². The molecule has 5 aliphatic rings. The van der Waals surface area contributed by atoms with Gasteiger partial charge < -0.3 is 35.4 Å². The number of hydrogen-bond donors (Lipinski definition) is 3. The number of fused-ring (bicyclic) bond motifs is 2. The van der Waals surface area contributed by atoms with Crippen molar-refractivity contribution in [3.63, 3.8) is 0 Å². The van der Waals surface area contributed by atoms with Crippen molar-refractivity contribution >= 4 is 51.0 Å². The molecule has 8 rings (SSSR count). The fourth-order valence-corrected chi connectivity index (χ4v) is 11.5. The van der Waals surface area contributed by atoms with E-state index in [9.17, 15) is 9.32 Å². The van der Waals surface area contributed by atoms with Gasteiger partial charge in [-0.15, -0.1) is 0 Å². The summed E-state index contributed by atoms with van der Waals surface area (Å²) in [5, 5.41) is 19.3. The summed E-state index contributed by atoms with van der Waals surface area (Å²) in [6.45, 7) is 4.26. The highest BCUT2D eigenvalue weighted by Crippen LogP contribution is 2.55. The number of aliphatic hydroxyl groups excluding tert-OH is 1. The zero-order chi connectivity index (χ0) is 35.7. The summed E-state index contributed by atoms with van der Waals surface area (Å²) in [5.41, 5.74) is 7.56. The Labute approximate surface area is 304 Å². The third kappa shape index (κ3) is 5.94. The Balaban J connectivity index is 1.19. The van der Waals surface area contributed by atoms with Crippen molar-refractivity contribution in [2.45, 2.75) is 70.1 Å². The highest BCUT2D eigenvalue weighted by molar-refractivity contribution is 7.86. The molecule has 12 nitrogen and oxygen atoms in total. The number of pyridine rings is 1. The molecule has 15 heteroatoms. The van der Waals surface area contributed by atoms with Crippen molar-refractivity contribution in [1.29, 1.82) is 5.41 Å². The number of ether oxygens (including phenoxy) is 3. The van der Waals surface area contributed by atoms with Gasteiger partial charge in [-0.2, -0.15) is 9.97 Å². The number of nitrogens with zero attached hydrogens (tertiary/aromatic N) is 5. The molecule has 0 radical (unpaired) electrons. The van der Waals surface area contributed by atoms with E-state index in [0.717, 1.165) is 69.2 Å². The van der Waals surface area contributed by atoms with Crippen LogP contribution < -0.4 is 20.1 Å². The number of nitrogens with two attached hydrogens (primary N) is 1. The van der Waals surface area contributed by atoms with Gasteiger partial charge in [0.2, 0.25) is 5.88 Å². The number of benzene rings is 1. The van der Waals surface area contributed by atoms with Gasteiger partial charge in [0.25, 0.3) is 0 Å². The van der Waals surface area contributed by atoms with Crippen LogP contribution in [0, 0.1) is 29.0 Å². The van der Waals surface area contributed by atoms with E-state index >= 15 is 4.39 Å². The van der Waals surface area contributed by atoms with Crippen LogP contribution in [-0.4, -0.2) is 112 Å². The van der Waals surface area contributed by atoms with Crippen molar-refractivity contribution in [3.05, 3.63) is 28.0 Å². The molecule has 2 aliphatic carbocycles. The number of rotatable bonds is 8. The number of piperidine rings is 1. The summed E-state index contributed by atoms with van der Waals surface area (Å²) >= 11 is 6.51. The van der Waals surface area contributed by atoms with Crippen LogP contribution in [0.4, 0.5) is 15.9 Å². The zero-order valence-electron chi connectivity index (χ0n) is 29.1. The first-order valence-corrected chi connectivity index (χ1v) is 19.7. The minimum atomic E-state index is -0.797. The van der Waals surface area contributed by atoms with Crippen molar-refractivity contribution in [2.75, 3.05) is 68.7 Å². The first-order valence-electron chi connectivity index (χ1n) is 17.8. The SMILES string of the molecule is COc1nc(-c2c(C)c(Cl)cc(N)c2C=N)c(F)c2nc(OCC34CCCC3N(C3CC5(C3)CS(=O)C5)CCC4)nc(N3CCOCC(O)C3)c12. The predicted molar refractivity (Wildman–Crippen MR) is 195 cm³/mol. The van der Waals surface area contributed by atoms with Gasteiger partial charge >= 0.3 is 6.01 Å². The summed E-state index contributed by atoms with van der Waals surface area (Å²) < 4.78 is 47.0. The monoisotopic (exact) mass is 741 g/mol. The standard InChI is InChI=1S/C36H45ClFN7O5S/c1-20-24(37)11-25(40)23(14-39)27(20)30-29(38)31-28(33(41-30)48-2)32(44-9-10-49-16-22(46)15-44)43-34(42-31)50-17-36-6-3-5-26(36)45(8-4-7-36)21-12-35(13-21)18-51(47)19-35/h11,14,21-22,26,39,46H,3-10,12-13,15-19,40H2,1-2H3. The van der Waals surface area contributed by atoms with E-state index in [1.165, 1.54) is 13.2 Å². The Morgan fingerprint density at radius 1 is 1.24 bits per heavy atom. The van der Waals surface area contributed by atoms with E-state index in [4.69, 9.17) is 46.9 Å². The Kier molecular flexibility index (Phi) is 9.13. The summed E-state index contributed by atoms with van der Waals surface area (Å²) in [6, 6.07) is 2.46. The molecule has 1 aromatic carbocycles. The molecule has 3 unspecified atom stereocenters. The molecule has 0 bridgehead atoms. The van der Waals surface area contributed by atoms with Gasteiger partial charge in [-0.05, 0) is 69.0 Å². The highest BCUT2D eigenvalue weighted by Gasteiger charge is 2.58. The Morgan fingerprint density at radius 3 is 2.76 bits per heavy atom. The number of methoxy groups -OCH3 is 1. The number of aromatic nitrogens is 3. The maximum Gasteiger partial charge on any atom is 0.319 e. The van der Waals surface area contributed by atoms with Gasteiger partial charge in [0.05, 0.1) is 33.0 Å². The third-order valence-corrected chi connectivity index (χ3v) is 14.3. The number of likely N-dealkylation sites (tertiary alicyclic amines) is 1. The van der Waals surface area contributed by atoms with Crippen LogP contribution in [-0.2, 0) is 15.5 Å². The molecule has 1 spiro atoms. The molecule has 3 aliphatic heterocycles. The normalized spacial score (nSPS) is 30.8. The van der Waals surface area contributed by atoms with Gasteiger partial charge in [0, 0.05) is 80.9 Å². The summed E-state index contributed by atoms with van der Waals surface area (Å²) in [6.07, 6.45) is 7.87. The lowest BCUT2D eigenvalue weighted by Gasteiger charge is -2.60. The third-order valence-electron chi connectivity index (χ3n) is 12.0. The van der Waals surface area contributed by atoms with Crippen molar-refractivity contribution in [1.82, 2.24) is 19.9 Å². The number of halogens is 2. The second kappa shape index (κ2) is 13.4. The zero-order valence-corrected chi connectivity index (χ0v) is 30.6. The fraction of sp³-hybridized carbons (Fsp3) is 0.611. The molecule has 4 N–H and O–H groups in total. The van der Waals surface area contributed by atoms with E-state index in [1.807, 2.05) is 4.90 Å². The molecular weight excluding hydrogens is 697 g/mol. The number of β-amino-alcohol motifs (C(OH)–C–C–N with tert-alkyl or cyclic N) is 1. The molecule has 2 aromatic heterocycles. The first-order chi connectivity index (χ1) is 24.5. The van der Waals surface area contributed by atoms with E-state index in [2.05, 4.69) is 9.88 Å². The molecule has 3 saturated heterocycles. The molecule has 51 heavy (non-hydrogen) atoms. The van der Waals surface area contributed by atoms with Crippen LogP contribution in [0.25, 0.3) is 22.2 Å². The van der Waals surface area contributed by atoms with Gasteiger partial charge in [0.15, 0.2) is 5.82 Å². The number of anilines is 2. The summed E-state index contributed by atoms with van der Waals surface area (Å²) in [7, 11) is 0.798. The largest absolute Gasteiger partial charge is 0.480 e. The van der Waals surface area contributed by atoms with Gasteiger partial charge in [0.1, 0.15) is 22.4 Å². The van der Waals surface area contributed by atoms with Crippen LogP contribution in [0.2, 0.25) is 5.02 Å². The second-order valence-corrected chi connectivity index (χ2v) is 17.1. The minimum absolute atomic E-state index is 0.0292. The maximum absolute atomic E-state index is 17.1. The topological polar surface area (TPSA) is 160 Å². The van der Waals surface area contributed by atoms with Crippen LogP contribution >= 0.6 is 11.6 Å². The van der Waals surface area contributed by atoms with Crippen LogP contribution in [0.1, 0.15) is 56.1 Å². The number of nitrogen functional groups attached to an aromatic ring is 1. The van der Waals surface area contributed by atoms with Gasteiger partial charge in [-0.3, -0.25) is 9.11 Å². The predicted octanol–water partition coefficient (Wildman–Crippen LogP) is 4.50. The minimum Gasteiger partial charge on any atom is -0.480 e. The molecule has 0 amide bonds. The molecule has 5 fully saturated rings. The molecule has 5 heterocycles. The lowest BCUT2D eigenvalue weighted by atomic mass is 9.64. The lowest BCUT2D eigenvalue weighted by molar-refractivity contribution is -0.0719. The molecule has 3 aromatic rings. The number of aliphatic hydroxyl groups is 1. The van der Waals surface area contributed by atoms with E-state index in [1.54, 1.807) is 6.92 Å². The van der Waals surface area contributed by atoms with E-state index in [0.29, 0.717) is 53.7 Å². The number of nitrogens with one attached hydrogen (secondary N) is 1. The lowest BCUT2D eigenvalue weighted by Crippen LogP contribution is -2.65. The van der Waals surface area contributed by atoms with Crippen molar-refractivity contribution in [3.8, 4) is 23.1 Å². The van der Waals surface area contributed by atoms with E-state index in [-0.39, 0.29) is 63.9 Å². The smallest absolute Gasteiger partial charge is 0.319 e. The van der Waals surface area contributed by atoms with Crippen LogP contribution in [0.3, 0.4) is 0 Å². The average molecular weight is 742 g/mol. The molecular formula is C36H45ClFN7O5S. The average Bonchev–Trinajstić information content (AvgIpc) is 3.40. The Morgan fingerprint density at radius 2 is 2.02 bits per heavy atom. The highest BCUT2D eigenvalue weighted by atomic mass is 35.5. The Bertz CT molecular complexity index is 1900. The van der Waals surface area contributed by atoms with E-state index < -0.39 is 22.7 Å². The summed E-state index contributed by atoms with van der Waals surface area (Å²) in [5.74, 6) is 1.35. The maximum atomic E-state index is 17.1. The number of hydrogen-bond acceptors (Lipinski definition) is 12. The van der Waals surface area contributed by atoms with Crippen molar-refractivity contribution in [2.24, 2.45) is 10.8 Å². The molecule has 274 valence electrons. The molecule has 2 saturated carbocycles. The van der Waals surface area contributed by atoms with Gasteiger partial charge in [-0.25, -0.2) is 9.37 Å². The fourth-order valence-electron chi connectivity index (χ4n) is 9.58.